The van der Waals surface area contributed by atoms with E-state index in [-0.39, 0.29) is 11.8 Å². The van der Waals surface area contributed by atoms with Gasteiger partial charge in [0.05, 0.1) is 0 Å². The molecule has 22 heavy (non-hydrogen) atoms. The molecule has 0 rings (SSSR count). The average molecular weight is 313 g/mol. The Morgan fingerprint density at radius 1 is 1.00 bits per heavy atom. The molecule has 2 atom stereocenters. The van der Waals surface area contributed by atoms with Crippen molar-refractivity contribution in [2.75, 3.05) is 0 Å². The van der Waals surface area contributed by atoms with Crippen LogP contribution in [0.2, 0.25) is 0 Å². The Hall–Kier alpha value is -1.06. The third-order valence-electron chi connectivity index (χ3n) is 4.09. The largest absolute Gasteiger partial charge is 0.480 e. The number of carbonyl (C=O) groups is 2. The summed E-state index contributed by atoms with van der Waals surface area (Å²) in [4.78, 5) is 23.4. The molecule has 1 unspecified atom stereocenters. The van der Waals surface area contributed by atoms with E-state index in [0.717, 1.165) is 19.3 Å². The Balaban J connectivity index is 4.03. The van der Waals surface area contributed by atoms with Gasteiger partial charge in [-0.3, -0.25) is 4.79 Å². The number of amides is 1. The summed E-state index contributed by atoms with van der Waals surface area (Å²) in [6.45, 7) is 9.57. The number of aliphatic carboxylic acids is 1. The highest BCUT2D eigenvalue weighted by Gasteiger charge is 2.33. The van der Waals surface area contributed by atoms with E-state index >= 15 is 0 Å². The van der Waals surface area contributed by atoms with Crippen LogP contribution in [0.5, 0.6) is 0 Å². The zero-order valence-corrected chi connectivity index (χ0v) is 15.1. The zero-order chi connectivity index (χ0) is 17.2. The number of hydrogen-bond acceptors (Lipinski definition) is 2. The van der Waals surface area contributed by atoms with Gasteiger partial charge in [0.15, 0.2) is 0 Å². The third-order valence-corrected chi connectivity index (χ3v) is 4.09. The van der Waals surface area contributed by atoms with Crippen molar-refractivity contribution in [1.82, 2.24) is 5.32 Å². The lowest BCUT2D eigenvalue weighted by atomic mass is 9.86. The van der Waals surface area contributed by atoms with E-state index in [0.29, 0.717) is 0 Å². The molecule has 0 aliphatic heterocycles. The average Bonchev–Trinajstić information content (AvgIpc) is 2.41. The minimum Gasteiger partial charge on any atom is -0.480 e. The molecule has 4 heteroatoms. The molecule has 0 radical (unpaired) electrons. The van der Waals surface area contributed by atoms with Gasteiger partial charge in [0.25, 0.3) is 0 Å². The van der Waals surface area contributed by atoms with Gasteiger partial charge >= 0.3 is 5.97 Å². The molecule has 4 nitrogen and oxygen atoms in total. The topological polar surface area (TPSA) is 66.4 Å². The van der Waals surface area contributed by atoms with Gasteiger partial charge in [0.2, 0.25) is 5.91 Å². The Morgan fingerprint density at radius 2 is 1.50 bits per heavy atom. The van der Waals surface area contributed by atoms with Crippen molar-refractivity contribution >= 4 is 11.9 Å². The second-order valence-electron chi connectivity index (χ2n) is 7.46. The normalized spacial score (nSPS) is 14.4. The number of carboxylic acid groups (broad SMARTS) is 1. The van der Waals surface area contributed by atoms with Crippen LogP contribution in [0.4, 0.5) is 0 Å². The van der Waals surface area contributed by atoms with Crippen LogP contribution in [0.25, 0.3) is 0 Å². The second kappa shape index (κ2) is 10.6. The fraction of sp³-hybridized carbons (Fsp3) is 0.889. The molecule has 0 saturated carbocycles. The van der Waals surface area contributed by atoms with Gasteiger partial charge in [-0.05, 0) is 11.8 Å². The monoisotopic (exact) mass is 313 g/mol. The molecule has 0 fully saturated rings. The lowest BCUT2D eigenvalue weighted by Crippen LogP contribution is -2.50. The summed E-state index contributed by atoms with van der Waals surface area (Å²) < 4.78 is 0. The fourth-order valence-electron chi connectivity index (χ4n) is 2.47. The maximum absolute atomic E-state index is 12.1. The minimum absolute atomic E-state index is 0.125. The summed E-state index contributed by atoms with van der Waals surface area (Å²) in [5.41, 5.74) is -0.486. The van der Waals surface area contributed by atoms with Crippen LogP contribution in [0.1, 0.15) is 86.0 Å². The first-order valence-electron chi connectivity index (χ1n) is 8.73. The number of carbonyl (C=O) groups excluding carboxylic acids is 1. The molecular formula is C18H35NO3. The molecule has 0 aliphatic carbocycles. The Kier molecular flexibility index (Phi) is 10.1. The van der Waals surface area contributed by atoms with E-state index in [2.05, 4.69) is 12.2 Å². The highest BCUT2D eigenvalue weighted by molar-refractivity contribution is 5.85. The van der Waals surface area contributed by atoms with Crippen molar-refractivity contribution in [3.8, 4) is 0 Å². The van der Waals surface area contributed by atoms with E-state index in [1.807, 2.05) is 27.7 Å². The molecule has 0 aromatic rings. The molecule has 130 valence electrons. The number of unbranched alkanes of at least 4 members (excludes halogenated alkanes) is 6. The lowest BCUT2D eigenvalue weighted by molar-refractivity contribution is -0.145. The van der Waals surface area contributed by atoms with E-state index in [9.17, 15) is 14.7 Å². The van der Waals surface area contributed by atoms with Crippen LogP contribution < -0.4 is 5.32 Å². The SMILES string of the molecule is CCCCCCCCCC(C)C(=O)N[C@H](C(=O)O)C(C)(C)C. The van der Waals surface area contributed by atoms with Crippen LogP contribution in [-0.2, 0) is 9.59 Å². The number of rotatable bonds is 11. The maximum Gasteiger partial charge on any atom is 0.326 e. The molecular weight excluding hydrogens is 278 g/mol. The molecule has 0 aliphatic rings. The van der Waals surface area contributed by atoms with Crippen molar-refractivity contribution in [1.29, 1.82) is 0 Å². The van der Waals surface area contributed by atoms with E-state index in [4.69, 9.17) is 0 Å². The molecule has 0 aromatic carbocycles. The Bertz CT molecular complexity index is 334. The summed E-state index contributed by atoms with van der Waals surface area (Å²) in [5, 5.41) is 11.9. The van der Waals surface area contributed by atoms with Crippen LogP contribution >= 0.6 is 0 Å². The summed E-state index contributed by atoms with van der Waals surface area (Å²) in [7, 11) is 0. The fourth-order valence-corrected chi connectivity index (χ4v) is 2.47. The summed E-state index contributed by atoms with van der Waals surface area (Å²) >= 11 is 0. The standard InChI is InChI=1S/C18H35NO3/c1-6-7-8-9-10-11-12-13-14(2)16(20)19-15(17(21)22)18(3,4)5/h14-15H,6-13H2,1-5H3,(H,19,20)(H,21,22)/t14?,15-/m1/s1. The van der Waals surface area contributed by atoms with Crippen molar-refractivity contribution in [2.45, 2.75) is 92.0 Å². The van der Waals surface area contributed by atoms with Gasteiger partial charge in [0.1, 0.15) is 6.04 Å². The number of hydrogen-bond donors (Lipinski definition) is 2. The van der Waals surface area contributed by atoms with Crippen LogP contribution in [0.3, 0.4) is 0 Å². The highest BCUT2D eigenvalue weighted by atomic mass is 16.4. The van der Waals surface area contributed by atoms with Gasteiger partial charge in [0, 0.05) is 5.92 Å². The maximum atomic E-state index is 12.1. The van der Waals surface area contributed by atoms with Crippen molar-refractivity contribution in [3.05, 3.63) is 0 Å². The van der Waals surface area contributed by atoms with Gasteiger partial charge in [-0.25, -0.2) is 4.79 Å². The first kappa shape index (κ1) is 20.9. The van der Waals surface area contributed by atoms with Gasteiger partial charge < -0.3 is 10.4 Å². The first-order chi connectivity index (χ1) is 10.2. The minimum atomic E-state index is -0.969. The van der Waals surface area contributed by atoms with Crippen molar-refractivity contribution in [2.24, 2.45) is 11.3 Å². The summed E-state index contributed by atoms with van der Waals surface area (Å²) in [6.07, 6.45) is 9.40. The summed E-state index contributed by atoms with van der Waals surface area (Å²) in [5.74, 6) is -1.24. The Labute approximate surface area is 136 Å². The highest BCUT2D eigenvalue weighted by Crippen LogP contribution is 2.20. The predicted molar refractivity (Wildman–Crippen MR) is 90.8 cm³/mol. The lowest BCUT2D eigenvalue weighted by Gasteiger charge is -2.28. The first-order valence-corrected chi connectivity index (χ1v) is 8.73. The van der Waals surface area contributed by atoms with Crippen molar-refractivity contribution in [3.63, 3.8) is 0 Å². The van der Waals surface area contributed by atoms with Crippen LogP contribution in [0, 0.1) is 11.3 Å². The van der Waals surface area contributed by atoms with Crippen LogP contribution in [0.15, 0.2) is 0 Å². The molecule has 0 saturated heterocycles. The molecule has 2 N–H and O–H groups in total. The zero-order valence-electron chi connectivity index (χ0n) is 15.1. The molecule has 0 aromatic heterocycles. The number of nitrogens with one attached hydrogen (secondary N) is 1. The molecule has 0 bridgehead atoms. The molecule has 0 spiro atoms. The molecule has 0 heterocycles. The molecule has 1 amide bonds. The van der Waals surface area contributed by atoms with Crippen molar-refractivity contribution < 1.29 is 14.7 Å². The quantitative estimate of drug-likeness (QED) is 0.556. The van der Waals surface area contributed by atoms with E-state index in [1.165, 1.54) is 32.1 Å². The number of carboxylic acids is 1. The van der Waals surface area contributed by atoms with E-state index in [1.54, 1.807) is 0 Å². The van der Waals surface area contributed by atoms with Crippen LogP contribution in [-0.4, -0.2) is 23.0 Å². The van der Waals surface area contributed by atoms with E-state index < -0.39 is 17.4 Å². The predicted octanol–water partition coefficient (Wildman–Crippen LogP) is 4.38. The Morgan fingerprint density at radius 3 is 1.95 bits per heavy atom. The van der Waals surface area contributed by atoms with Gasteiger partial charge in [-0.1, -0.05) is 79.6 Å². The van der Waals surface area contributed by atoms with Gasteiger partial charge in [-0.15, -0.1) is 0 Å². The second-order valence-corrected chi connectivity index (χ2v) is 7.46. The third kappa shape index (κ3) is 9.06. The summed E-state index contributed by atoms with van der Waals surface area (Å²) in [6, 6.07) is -0.837. The van der Waals surface area contributed by atoms with Gasteiger partial charge in [-0.2, -0.15) is 0 Å². The smallest absolute Gasteiger partial charge is 0.326 e.